The Labute approximate surface area is 85.4 Å². The Balaban J connectivity index is 4.22. The summed E-state index contributed by atoms with van der Waals surface area (Å²) >= 11 is 1.56. The number of hydrogen-bond donors (Lipinski definition) is 0. The van der Waals surface area contributed by atoms with Crippen LogP contribution in [0.1, 0.15) is 40.5 Å². The molecule has 0 saturated heterocycles. The van der Waals surface area contributed by atoms with Gasteiger partial charge in [0.1, 0.15) is 4.75 Å². The van der Waals surface area contributed by atoms with Crippen molar-refractivity contribution in [2.45, 2.75) is 51.4 Å². The quantitative estimate of drug-likeness (QED) is 0.644. The fraction of sp³-hybridized carbons (Fsp3) is 0.900. The molecular weight excluding hydrogens is 184 g/mol. The van der Waals surface area contributed by atoms with Crippen molar-refractivity contribution in [3.8, 4) is 0 Å². The summed E-state index contributed by atoms with van der Waals surface area (Å²) in [4.78, 5) is 11.7. The van der Waals surface area contributed by atoms with E-state index in [4.69, 9.17) is 4.74 Å². The molecule has 2 unspecified atom stereocenters. The Kier molecular flexibility index (Phi) is 5.45. The fourth-order valence-corrected chi connectivity index (χ4v) is 1.27. The predicted octanol–water partition coefficient (Wildman–Crippen LogP) is 2.86. The molecule has 2 atom stereocenters. The van der Waals surface area contributed by atoms with Gasteiger partial charge in [0.15, 0.2) is 0 Å². The Morgan fingerprint density at radius 1 is 1.54 bits per heavy atom. The van der Waals surface area contributed by atoms with Gasteiger partial charge in [0.25, 0.3) is 0 Å². The first kappa shape index (κ1) is 12.8. The standard InChI is InChI=1S/C10H20O2S/c1-6-8(3)12-9(11)10(4,7-2)13-5/h8H,6-7H2,1-5H3. The number of ether oxygens (including phenoxy) is 1. The Morgan fingerprint density at radius 3 is 2.38 bits per heavy atom. The SMILES string of the molecule is CCC(C)OC(=O)C(C)(CC)SC. The number of thioether (sulfide) groups is 1. The van der Waals surface area contributed by atoms with E-state index in [1.165, 1.54) is 0 Å². The van der Waals surface area contributed by atoms with E-state index in [2.05, 4.69) is 0 Å². The van der Waals surface area contributed by atoms with Crippen molar-refractivity contribution in [1.82, 2.24) is 0 Å². The van der Waals surface area contributed by atoms with Crippen LogP contribution in [0.4, 0.5) is 0 Å². The second-order valence-electron chi connectivity index (χ2n) is 3.41. The second kappa shape index (κ2) is 5.53. The summed E-state index contributed by atoms with van der Waals surface area (Å²) in [6, 6.07) is 0. The highest BCUT2D eigenvalue weighted by molar-refractivity contribution is 8.00. The minimum Gasteiger partial charge on any atom is -0.462 e. The van der Waals surface area contributed by atoms with Gasteiger partial charge < -0.3 is 4.74 Å². The summed E-state index contributed by atoms with van der Waals surface area (Å²) in [5, 5.41) is 0. The summed E-state index contributed by atoms with van der Waals surface area (Å²) in [5.74, 6) is -0.0862. The van der Waals surface area contributed by atoms with Crippen molar-refractivity contribution in [3.05, 3.63) is 0 Å². The molecule has 0 rings (SSSR count). The van der Waals surface area contributed by atoms with Crippen molar-refractivity contribution >= 4 is 17.7 Å². The van der Waals surface area contributed by atoms with Crippen molar-refractivity contribution in [3.63, 3.8) is 0 Å². The zero-order valence-corrected chi connectivity index (χ0v) is 10.0. The number of carbonyl (C=O) groups excluding carboxylic acids is 1. The van der Waals surface area contributed by atoms with Gasteiger partial charge in [-0.25, -0.2) is 0 Å². The molecule has 0 aliphatic rings. The molecule has 0 heterocycles. The van der Waals surface area contributed by atoms with Crippen LogP contribution in [0.5, 0.6) is 0 Å². The van der Waals surface area contributed by atoms with Crippen LogP contribution in [-0.4, -0.2) is 23.1 Å². The van der Waals surface area contributed by atoms with Gasteiger partial charge >= 0.3 is 5.97 Å². The maximum Gasteiger partial charge on any atom is 0.322 e. The molecular formula is C10H20O2S. The van der Waals surface area contributed by atoms with Crippen LogP contribution >= 0.6 is 11.8 Å². The molecule has 0 spiro atoms. The minimum atomic E-state index is -0.372. The molecule has 0 fully saturated rings. The smallest absolute Gasteiger partial charge is 0.322 e. The molecule has 3 heteroatoms. The number of carbonyl (C=O) groups is 1. The summed E-state index contributed by atoms with van der Waals surface area (Å²) < 4.78 is 4.92. The van der Waals surface area contributed by atoms with Gasteiger partial charge in [-0.15, -0.1) is 11.8 Å². The topological polar surface area (TPSA) is 26.3 Å². The average Bonchev–Trinajstić information content (AvgIpc) is 2.16. The fourth-order valence-electron chi connectivity index (χ4n) is 0.763. The van der Waals surface area contributed by atoms with E-state index in [1.807, 2.05) is 34.0 Å². The van der Waals surface area contributed by atoms with Crippen LogP contribution in [0.2, 0.25) is 0 Å². The van der Waals surface area contributed by atoms with Crippen LogP contribution in [0.15, 0.2) is 0 Å². The maximum absolute atomic E-state index is 11.7. The maximum atomic E-state index is 11.7. The van der Waals surface area contributed by atoms with Crippen molar-refractivity contribution in [2.75, 3.05) is 6.26 Å². The second-order valence-corrected chi connectivity index (χ2v) is 4.72. The van der Waals surface area contributed by atoms with Crippen molar-refractivity contribution in [2.24, 2.45) is 0 Å². The van der Waals surface area contributed by atoms with Gasteiger partial charge in [-0.2, -0.15) is 0 Å². The predicted molar refractivity (Wildman–Crippen MR) is 58.1 cm³/mol. The summed E-state index contributed by atoms with van der Waals surface area (Å²) in [7, 11) is 0. The van der Waals surface area contributed by atoms with E-state index in [1.54, 1.807) is 11.8 Å². The van der Waals surface area contributed by atoms with E-state index >= 15 is 0 Å². The van der Waals surface area contributed by atoms with Gasteiger partial charge in [-0.1, -0.05) is 13.8 Å². The molecule has 0 N–H and O–H groups in total. The molecule has 0 saturated carbocycles. The lowest BCUT2D eigenvalue weighted by molar-refractivity contribution is -0.150. The zero-order chi connectivity index (χ0) is 10.5. The Bertz CT molecular complexity index is 164. The summed E-state index contributed by atoms with van der Waals surface area (Å²) in [6.45, 7) is 7.88. The lowest BCUT2D eigenvalue weighted by Crippen LogP contribution is -2.34. The highest BCUT2D eigenvalue weighted by Gasteiger charge is 2.32. The van der Waals surface area contributed by atoms with Gasteiger partial charge in [-0.05, 0) is 32.9 Å². The van der Waals surface area contributed by atoms with Crippen LogP contribution in [-0.2, 0) is 9.53 Å². The van der Waals surface area contributed by atoms with Crippen molar-refractivity contribution < 1.29 is 9.53 Å². The highest BCUT2D eigenvalue weighted by atomic mass is 32.2. The van der Waals surface area contributed by atoms with E-state index in [-0.39, 0.29) is 16.8 Å². The molecule has 2 nitrogen and oxygen atoms in total. The lowest BCUT2D eigenvalue weighted by atomic mass is 10.1. The zero-order valence-electron chi connectivity index (χ0n) is 9.22. The Hall–Kier alpha value is -0.180. The first-order chi connectivity index (χ1) is 6.00. The normalized spacial score (nSPS) is 17.6. The molecule has 0 aliphatic heterocycles. The molecule has 78 valence electrons. The number of hydrogen-bond acceptors (Lipinski definition) is 3. The monoisotopic (exact) mass is 204 g/mol. The van der Waals surface area contributed by atoms with E-state index < -0.39 is 0 Å². The molecule has 0 bridgehead atoms. The van der Waals surface area contributed by atoms with Gasteiger partial charge in [-0.3, -0.25) is 4.79 Å². The van der Waals surface area contributed by atoms with E-state index in [0.29, 0.717) is 0 Å². The first-order valence-electron chi connectivity index (χ1n) is 4.76. The third kappa shape index (κ3) is 3.59. The van der Waals surface area contributed by atoms with Crippen LogP contribution in [0.3, 0.4) is 0 Å². The number of esters is 1. The molecule has 0 radical (unpaired) electrons. The van der Waals surface area contributed by atoms with Crippen LogP contribution in [0, 0.1) is 0 Å². The van der Waals surface area contributed by atoms with E-state index in [0.717, 1.165) is 12.8 Å². The largest absolute Gasteiger partial charge is 0.462 e. The average molecular weight is 204 g/mol. The lowest BCUT2D eigenvalue weighted by Gasteiger charge is -2.25. The van der Waals surface area contributed by atoms with Crippen LogP contribution in [0.25, 0.3) is 0 Å². The van der Waals surface area contributed by atoms with Crippen molar-refractivity contribution in [1.29, 1.82) is 0 Å². The summed E-state index contributed by atoms with van der Waals surface area (Å²) in [6.07, 6.45) is 3.66. The highest BCUT2D eigenvalue weighted by Crippen LogP contribution is 2.28. The third-order valence-corrected chi connectivity index (χ3v) is 3.80. The summed E-state index contributed by atoms with van der Waals surface area (Å²) in [5.41, 5.74) is 0. The third-order valence-electron chi connectivity index (χ3n) is 2.44. The van der Waals surface area contributed by atoms with Gasteiger partial charge in [0.2, 0.25) is 0 Å². The van der Waals surface area contributed by atoms with Crippen LogP contribution < -0.4 is 0 Å². The first-order valence-corrected chi connectivity index (χ1v) is 5.98. The molecule has 0 aliphatic carbocycles. The van der Waals surface area contributed by atoms with E-state index in [9.17, 15) is 4.79 Å². The number of rotatable bonds is 5. The Morgan fingerprint density at radius 2 is 2.08 bits per heavy atom. The molecule has 13 heavy (non-hydrogen) atoms. The molecule has 0 aromatic rings. The molecule has 0 amide bonds. The molecule has 0 aromatic heterocycles. The minimum absolute atomic E-state index is 0.0329. The molecule has 0 aromatic carbocycles. The van der Waals surface area contributed by atoms with Gasteiger partial charge in [0.05, 0.1) is 6.10 Å². The van der Waals surface area contributed by atoms with Gasteiger partial charge in [0, 0.05) is 0 Å².